The minimum Gasteiger partial charge on any atom is -0.496 e. The molecule has 0 unspecified atom stereocenters. The van der Waals surface area contributed by atoms with Crippen LogP contribution in [0.1, 0.15) is 16.1 Å². The number of nitrogens with one attached hydrogen (secondary N) is 1. The molecule has 0 aliphatic rings. The summed E-state index contributed by atoms with van der Waals surface area (Å²) in [6.07, 6.45) is 3.50. The van der Waals surface area contributed by atoms with Gasteiger partial charge in [-0.3, -0.25) is 4.79 Å². The molecular weight excluding hydrogens is 321 g/mol. The fourth-order valence-electron chi connectivity index (χ4n) is 2.23. The predicted octanol–water partition coefficient (Wildman–Crippen LogP) is 3.07. The van der Waals surface area contributed by atoms with Crippen LogP contribution in [0.25, 0.3) is 5.65 Å². The summed E-state index contributed by atoms with van der Waals surface area (Å²) < 4.78 is 20.2. The zero-order valence-electron chi connectivity index (χ0n) is 12.2. The van der Waals surface area contributed by atoms with Crippen molar-refractivity contribution >= 4 is 23.2 Å². The van der Waals surface area contributed by atoms with Crippen LogP contribution < -0.4 is 10.1 Å². The molecule has 118 valence electrons. The molecule has 0 spiro atoms. The number of methoxy groups -OCH3 is 1. The van der Waals surface area contributed by atoms with E-state index in [-0.39, 0.29) is 12.1 Å². The molecule has 0 radical (unpaired) electrons. The van der Waals surface area contributed by atoms with Crippen molar-refractivity contribution in [3.05, 3.63) is 64.8 Å². The van der Waals surface area contributed by atoms with Gasteiger partial charge in [0, 0.05) is 12.4 Å². The Labute approximate surface area is 136 Å². The first-order valence-electron chi connectivity index (χ1n) is 6.81. The Kier molecular flexibility index (Phi) is 4.16. The number of fused-ring (bicyclic) bond motifs is 1. The van der Waals surface area contributed by atoms with Gasteiger partial charge in [-0.1, -0.05) is 11.6 Å². The van der Waals surface area contributed by atoms with Crippen LogP contribution >= 0.6 is 11.6 Å². The van der Waals surface area contributed by atoms with E-state index in [9.17, 15) is 9.18 Å². The fraction of sp³-hybridized carbons (Fsp3) is 0.125. The third-order valence-corrected chi connectivity index (χ3v) is 3.52. The molecule has 0 saturated heterocycles. The molecule has 3 aromatic rings. The van der Waals surface area contributed by atoms with E-state index in [0.717, 1.165) is 11.7 Å². The number of halogens is 2. The summed E-state index contributed by atoms with van der Waals surface area (Å²) in [6, 6.07) is 7.31. The fourth-order valence-corrected chi connectivity index (χ4v) is 2.39. The molecule has 0 saturated carbocycles. The van der Waals surface area contributed by atoms with Crippen molar-refractivity contribution in [1.82, 2.24) is 14.7 Å². The van der Waals surface area contributed by atoms with E-state index in [4.69, 9.17) is 16.3 Å². The van der Waals surface area contributed by atoms with Crippen LogP contribution in [0.5, 0.6) is 5.75 Å². The van der Waals surface area contributed by atoms with Gasteiger partial charge >= 0.3 is 0 Å². The molecule has 1 amide bonds. The van der Waals surface area contributed by atoms with Crippen molar-refractivity contribution in [3.63, 3.8) is 0 Å². The molecule has 5 nitrogen and oxygen atoms in total. The number of pyridine rings is 1. The topological polar surface area (TPSA) is 55.6 Å². The van der Waals surface area contributed by atoms with Gasteiger partial charge in [-0.25, -0.2) is 9.37 Å². The van der Waals surface area contributed by atoms with Gasteiger partial charge in [-0.05, 0) is 30.3 Å². The number of aromatic nitrogens is 2. The molecule has 0 aliphatic heterocycles. The molecule has 3 rings (SSSR count). The van der Waals surface area contributed by atoms with Crippen molar-refractivity contribution in [1.29, 1.82) is 0 Å². The lowest BCUT2D eigenvalue weighted by Crippen LogP contribution is -2.23. The maximum absolute atomic E-state index is 13.3. The Morgan fingerprint density at radius 1 is 1.35 bits per heavy atom. The predicted molar refractivity (Wildman–Crippen MR) is 84.3 cm³/mol. The third kappa shape index (κ3) is 3.27. The standard InChI is InChI=1S/C16H13ClFN3O2/c1-23-14-4-3-11(18)6-13(14)16(22)19-7-12-9-21-8-10(17)2-5-15(21)20-12/h2-6,8-9H,7H2,1H3,(H,19,22). The number of benzene rings is 1. The first-order valence-corrected chi connectivity index (χ1v) is 7.19. The van der Waals surface area contributed by atoms with Crippen LogP contribution in [0.4, 0.5) is 4.39 Å². The number of ether oxygens (including phenoxy) is 1. The molecule has 0 bridgehead atoms. The maximum Gasteiger partial charge on any atom is 0.255 e. The lowest BCUT2D eigenvalue weighted by atomic mass is 10.2. The van der Waals surface area contributed by atoms with Crippen molar-refractivity contribution in [2.24, 2.45) is 0 Å². The van der Waals surface area contributed by atoms with Crippen molar-refractivity contribution in [2.45, 2.75) is 6.54 Å². The number of carbonyl (C=O) groups excluding carboxylic acids is 1. The van der Waals surface area contributed by atoms with Gasteiger partial charge in [-0.15, -0.1) is 0 Å². The SMILES string of the molecule is COc1ccc(F)cc1C(=O)NCc1cn2cc(Cl)ccc2n1. The van der Waals surface area contributed by atoms with Crippen LogP contribution in [-0.4, -0.2) is 22.4 Å². The van der Waals surface area contributed by atoms with Crippen molar-refractivity contribution in [3.8, 4) is 5.75 Å². The number of nitrogens with zero attached hydrogens (tertiary/aromatic N) is 2. The normalized spacial score (nSPS) is 10.7. The molecule has 0 atom stereocenters. The monoisotopic (exact) mass is 333 g/mol. The van der Waals surface area contributed by atoms with Gasteiger partial charge in [-0.2, -0.15) is 0 Å². The minimum atomic E-state index is -0.502. The van der Waals surface area contributed by atoms with Gasteiger partial charge in [0.15, 0.2) is 0 Å². The Bertz CT molecular complexity index is 879. The Morgan fingerprint density at radius 2 is 2.17 bits per heavy atom. The highest BCUT2D eigenvalue weighted by atomic mass is 35.5. The second kappa shape index (κ2) is 6.26. The summed E-state index contributed by atoms with van der Waals surface area (Å²) >= 11 is 5.92. The highest BCUT2D eigenvalue weighted by Gasteiger charge is 2.13. The summed E-state index contributed by atoms with van der Waals surface area (Å²) in [5.74, 6) is -0.625. The Morgan fingerprint density at radius 3 is 2.96 bits per heavy atom. The highest BCUT2D eigenvalue weighted by Crippen LogP contribution is 2.19. The number of rotatable bonds is 4. The van der Waals surface area contributed by atoms with E-state index >= 15 is 0 Å². The molecule has 2 aromatic heterocycles. The number of hydrogen-bond acceptors (Lipinski definition) is 3. The van der Waals surface area contributed by atoms with E-state index in [1.807, 2.05) is 0 Å². The average molecular weight is 334 g/mol. The highest BCUT2D eigenvalue weighted by molar-refractivity contribution is 6.30. The second-order valence-electron chi connectivity index (χ2n) is 4.87. The second-order valence-corrected chi connectivity index (χ2v) is 5.31. The Hall–Kier alpha value is -2.60. The first-order chi connectivity index (χ1) is 11.1. The maximum atomic E-state index is 13.3. The lowest BCUT2D eigenvalue weighted by Gasteiger charge is -2.08. The number of amides is 1. The molecular formula is C16H13ClFN3O2. The van der Waals surface area contributed by atoms with Gasteiger partial charge in [0.05, 0.1) is 29.9 Å². The smallest absolute Gasteiger partial charge is 0.255 e. The number of carbonyl (C=O) groups is 1. The third-order valence-electron chi connectivity index (χ3n) is 3.30. The zero-order valence-corrected chi connectivity index (χ0v) is 13.0. The Balaban J connectivity index is 1.76. The van der Waals surface area contributed by atoms with Crippen molar-refractivity contribution in [2.75, 3.05) is 7.11 Å². The number of hydrogen-bond donors (Lipinski definition) is 1. The largest absolute Gasteiger partial charge is 0.496 e. The van der Waals surface area contributed by atoms with E-state index in [2.05, 4.69) is 10.3 Å². The molecule has 0 fully saturated rings. The van der Waals surface area contributed by atoms with E-state index in [1.165, 1.54) is 19.2 Å². The summed E-state index contributed by atoms with van der Waals surface area (Å²) in [5, 5.41) is 3.29. The van der Waals surface area contributed by atoms with Gasteiger partial charge in [0.25, 0.3) is 5.91 Å². The quantitative estimate of drug-likeness (QED) is 0.798. The molecule has 2 heterocycles. The lowest BCUT2D eigenvalue weighted by molar-refractivity contribution is 0.0947. The van der Waals surface area contributed by atoms with Gasteiger partial charge in [0.1, 0.15) is 17.2 Å². The first kappa shape index (κ1) is 15.3. The average Bonchev–Trinajstić information content (AvgIpc) is 2.94. The van der Waals surface area contributed by atoms with Crippen LogP contribution in [0, 0.1) is 5.82 Å². The molecule has 23 heavy (non-hydrogen) atoms. The van der Waals surface area contributed by atoms with Crippen LogP contribution in [0.2, 0.25) is 5.02 Å². The van der Waals surface area contributed by atoms with Crippen LogP contribution in [-0.2, 0) is 6.54 Å². The van der Waals surface area contributed by atoms with Crippen LogP contribution in [0.3, 0.4) is 0 Å². The molecule has 0 aliphatic carbocycles. The summed E-state index contributed by atoms with van der Waals surface area (Å²) in [6.45, 7) is 0.206. The van der Waals surface area contributed by atoms with Gasteiger partial charge in [0.2, 0.25) is 0 Å². The zero-order chi connectivity index (χ0) is 16.4. The molecule has 1 N–H and O–H groups in total. The van der Waals surface area contributed by atoms with E-state index < -0.39 is 11.7 Å². The minimum absolute atomic E-state index is 0.138. The summed E-state index contributed by atoms with van der Waals surface area (Å²) in [5.41, 5.74) is 1.53. The molecule has 1 aromatic carbocycles. The van der Waals surface area contributed by atoms with E-state index in [1.54, 1.807) is 28.9 Å². The molecule has 7 heteroatoms. The van der Waals surface area contributed by atoms with Crippen molar-refractivity contribution < 1.29 is 13.9 Å². The van der Waals surface area contributed by atoms with E-state index in [0.29, 0.717) is 16.5 Å². The summed E-state index contributed by atoms with van der Waals surface area (Å²) in [4.78, 5) is 16.6. The number of imidazole rings is 1. The van der Waals surface area contributed by atoms with Gasteiger partial charge < -0.3 is 14.5 Å². The summed E-state index contributed by atoms with van der Waals surface area (Å²) in [7, 11) is 1.43. The van der Waals surface area contributed by atoms with Crippen LogP contribution in [0.15, 0.2) is 42.7 Å².